The van der Waals surface area contributed by atoms with Crippen LogP contribution in [0.5, 0.6) is 0 Å². The maximum absolute atomic E-state index is 12.7. The fourth-order valence-electron chi connectivity index (χ4n) is 2.85. The number of benzene rings is 1. The first kappa shape index (κ1) is 24.9. The number of H-pyrrole nitrogens is 1. The van der Waals surface area contributed by atoms with Crippen molar-refractivity contribution in [3.63, 3.8) is 0 Å². The minimum Gasteiger partial charge on any atom is -0.480 e. The van der Waals surface area contributed by atoms with Gasteiger partial charge < -0.3 is 30.6 Å². The highest BCUT2D eigenvalue weighted by Gasteiger charge is 2.27. The van der Waals surface area contributed by atoms with Crippen molar-refractivity contribution >= 4 is 34.7 Å². The Morgan fingerprint density at radius 1 is 1.16 bits per heavy atom. The second kappa shape index (κ2) is 10.8. The molecule has 0 saturated carbocycles. The number of amides is 1. The van der Waals surface area contributed by atoms with Crippen LogP contribution in [-0.2, 0) is 35.1 Å². The molecular formula is C22H29N3O7. The van der Waals surface area contributed by atoms with E-state index in [0.717, 1.165) is 16.5 Å². The van der Waals surface area contributed by atoms with Crippen LogP contribution in [0.15, 0.2) is 30.5 Å². The molecule has 0 saturated heterocycles. The van der Waals surface area contributed by atoms with E-state index >= 15 is 0 Å². The number of aromatic amines is 1. The van der Waals surface area contributed by atoms with Crippen molar-refractivity contribution < 1.29 is 33.8 Å². The van der Waals surface area contributed by atoms with Gasteiger partial charge in [0.1, 0.15) is 12.1 Å². The van der Waals surface area contributed by atoms with Gasteiger partial charge in [-0.15, -0.1) is 0 Å². The number of ether oxygens (including phenoxy) is 2. The first-order valence-electron chi connectivity index (χ1n) is 10.2. The van der Waals surface area contributed by atoms with Gasteiger partial charge in [-0.1, -0.05) is 18.2 Å². The lowest BCUT2D eigenvalue weighted by atomic mass is 9.98. The van der Waals surface area contributed by atoms with Crippen LogP contribution in [0.25, 0.3) is 10.9 Å². The quantitative estimate of drug-likeness (QED) is 0.314. The lowest BCUT2D eigenvalue weighted by molar-refractivity contribution is -0.174. The topological polar surface area (TPSA) is 161 Å². The van der Waals surface area contributed by atoms with Gasteiger partial charge in [0.25, 0.3) is 0 Å². The van der Waals surface area contributed by atoms with Crippen LogP contribution < -0.4 is 11.1 Å². The Labute approximate surface area is 185 Å². The van der Waals surface area contributed by atoms with Crippen molar-refractivity contribution in [2.75, 3.05) is 6.79 Å². The molecule has 10 heteroatoms. The molecule has 2 rings (SSSR count). The van der Waals surface area contributed by atoms with Gasteiger partial charge in [0.15, 0.2) is 0 Å². The molecule has 0 radical (unpaired) electrons. The normalized spacial score (nSPS) is 13.2. The summed E-state index contributed by atoms with van der Waals surface area (Å²) in [4.78, 5) is 50.8. The van der Waals surface area contributed by atoms with Gasteiger partial charge >= 0.3 is 17.9 Å². The smallest absolute Gasteiger partial charge is 0.331 e. The van der Waals surface area contributed by atoms with E-state index in [4.69, 9.17) is 20.3 Å². The predicted molar refractivity (Wildman–Crippen MR) is 115 cm³/mol. The lowest BCUT2D eigenvalue weighted by Crippen LogP contribution is -2.44. The first-order chi connectivity index (χ1) is 15.0. The van der Waals surface area contributed by atoms with Gasteiger partial charge in [-0.2, -0.15) is 0 Å². The summed E-state index contributed by atoms with van der Waals surface area (Å²) in [5, 5.41) is 12.3. The highest BCUT2D eigenvalue weighted by molar-refractivity contribution is 5.87. The third-order valence-electron chi connectivity index (χ3n) is 4.72. The number of aliphatic carboxylic acids is 1. The number of hydrogen-bond donors (Lipinski definition) is 4. The molecule has 10 nitrogen and oxygen atoms in total. The lowest BCUT2D eigenvalue weighted by Gasteiger charge is -2.19. The number of carboxylic acid groups (broad SMARTS) is 1. The Morgan fingerprint density at radius 2 is 1.84 bits per heavy atom. The zero-order valence-electron chi connectivity index (χ0n) is 18.3. The molecule has 0 aliphatic rings. The molecule has 1 aromatic carbocycles. The number of carbonyl (C=O) groups excluding carboxylic acids is 3. The molecule has 2 atom stereocenters. The highest BCUT2D eigenvalue weighted by Crippen LogP contribution is 2.20. The maximum atomic E-state index is 12.7. The summed E-state index contributed by atoms with van der Waals surface area (Å²) in [6, 6.07) is 5.22. The molecule has 5 N–H and O–H groups in total. The summed E-state index contributed by atoms with van der Waals surface area (Å²) < 4.78 is 10.0. The monoisotopic (exact) mass is 447 g/mol. The zero-order valence-corrected chi connectivity index (χ0v) is 18.3. The van der Waals surface area contributed by atoms with Crippen LogP contribution in [0.4, 0.5) is 0 Å². The Hall–Kier alpha value is -3.40. The zero-order chi connectivity index (χ0) is 23.9. The minimum absolute atomic E-state index is 0.0841. The predicted octanol–water partition coefficient (Wildman–Crippen LogP) is 1.48. The number of nitrogens with two attached hydrogens (primary N) is 1. The molecule has 0 fully saturated rings. The summed E-state index contributed by atoms with van der Waals surface area (Å²) >= 11 is 0. The van der Waals surface area contributed by atoms with Gasteiger partial charge in [0, 0.05) is 29.9 Å². The molecule has 32 heavy (non-hydrogen) atoms. The second-order valence-electron chi connectivity index (χ2n) is 8.43. The van der Waals surface area contributed by atoms with Crippen molar-refractivity contribution in [3.05, 3.63) is 36.0 Å². The number of aromatic nitrogens is 1. The molecule has 0 bridgehead atoms. The van der Waals surface area contributed by atoms with Crippen molar-refractivity contribution in [2.24, 2.45) is 11.1 Å². The van der Waals surface area contributed by atoms with Crippen LogP contribution in [0.3, 0.4) is 0 Å². The molecule has 1 unspecified atom stereocenters. The Bertz CT molecular complexity index is 977. The number of fused-ring (bicyclic) bond motifs is 1. The van der Waals surface area contributed by atoms with Gasteiger partial charge in [0.2, 0.25) is 12.7 Å². The average Bonchev–Trinajstić information content (AvgIpc) is 3.13. The molecule has 174 valence electrons. The number of rotatable bonds is 10. The van der Waals surface area contributed by atoms with Crippen LogP contribution in [-0.4, -0.2) is 52.8 Å². The molecule has 1 aromatic heterocycles. The van der Waals surface area contributed by atoms with Gasteiger partial charge in [0.05, 0.1) is 5.41 Å². The Balaban J connectivity index is 2.07. The number of hydrogen-bond acceptors (Lipinski definition) is 7. The van der Waals surface area contributed by atoms with E-state index in [2.05, 4.69) is 10.3 Å². The number of carbonyl (C=O) groups is 4. The third kappa shape index (κ3) is 7.09. The number of nitrogens with one attached hydrogen (secondary N) is 2. The molecular weight excluding hydrogens is 418 g/mol. The summed E-state index contributed by atoms with van der Waals surface area (Å²) in [5.74, 6) is -3.08. The fourth-order valence-corrected chi connectivity index (χ4v) is 2.85. The molecule has 0 aliphatic carbocycles. The van der Waals surface area contributed by atoms with Gasteiger partial charge in [-0.25, -0.2) is 4.79 Å². The van der Waals surface area contributed by atoms with Crippen molar-refractivity contribution in [2.45, 2.75) is 52.1 Å². The Kier molecular flexibility index (Phi) is 8.36. The molecule has 2 aromatic rings. The SMILES string of the molecule is CC(C)(C)C(=O)OCOC(=O)C(Cc1c[nH]c2ccccc12)NC(=O)CC[C@@H](N)C(=O)O. The number of para-hydroxylation sites is 1. The van der Waals surface area contributed by atoms with Crippen LogP contribution >= 0.6 is 0 Å². The van der Waals surface area contributed by atoms with Crippen LogP contribution in [0, 0.1) is 5.41 Å². The van der Waals surface area contributed by atoms with E-state index < -0.39 is 48.1 Å². The van der Waals surface area contributed by atoms with E-state index in [1.165, 1.54) is 0 Å². The van der Waals surface area contributed by atoms with E-state index in [0.29, 0.717) is 0 Å². The fraction of sp³-hybridized carbons (Fsp3) is 0.455. The summed E-state index contributed by atoms with van der Waals surface area (Å²) in [7, 11) is 0. The van der Waals surface area contributed by atoms with E-state index in [1.54, 1.807) is 27.0 Å². The Morgan fingerprint density at radius 3 is 2.50 bits per heavy atom. The standard InChI is InChI=1S/C22H29N3O7/c1-22(2,3)21(30)32-12-31-20(29)17(25-18(26)9-8-15(23)19(27)28)10-13-11-24-16-7-5-4-6-14(13)16/h4-7,11,15,17,24H,8-10,12,23H2,1-3H3,(H,25,26)(H,27,28)/t15-,17?/m1/s1. The summed E-state index contributed by atoms with van der Waals surface area (Å²) in [6.45, 7) is 4.41. The van der Waals surface area contributed by atoms with Crippen molar-refractivity contribution in [3.8, 4) is 0 Å². The first-order valence-corrected chi connectivity index (χ1v) is 10.2. The molecule has 0 aliphatic heterocycles. The van der Waals surface area contributed by atoms with E-state index in [-0.39, 0.29) is 19.3 Å². The maximum Gasteiger partial charge on any atom is 0.331 e. The average molecular weight is 447 g/mol. The third-order valence-corrected chi connectivity index (χ3v) is 4.72. The highest BCUT2D eigenvalue weighted by atomic mass is 16.7. The number of esters is 2. The second-order valence-corrected chi connectivity index (χ2v) is 8.43. The van der Waals surface area contributed by atoms with E-state index in [9.17, 15) is 19.2 Å². The minimum atomic E-state index is -1.21. The van der Waals surface area contributed by atoms with Crippen molar-refractivity contribution in [1.82, 2.24) is 10.3 Å². The summed E-state index contributed by atoms with van der Waals surface area (Å²) in [6.07, 6.45) is 1.59. The van der Waals surface area contributed by atoms with Gasteiger partial charge in [-0.05, 0) is 38.8 Å². The summed E-state index contributed by atoms with van der Waals surface area (Å²) in [5.41, 5.74) is 6.32. The van der Waals surface area contributed by atoms with Crippen molar-refractivity contribution in [1.29, 1.82) is 0 Å². The molecule has 1 heterocycles. The van der Waals surface area contributed by atoms with Crippen LogP contribution in [0.1, 0.15) is 39.2 Å². The number of carboxylic acids is 1. The van der Waals surface area contributed by atoms with Crippen LogP contribution in [0.2, 0.25) is 0 Å². The van der Waals surface area contributed by atoms with E-state index in [1.807, 2.05) is 24.3 Å². The molecule has 0 spiro atoms. The van der Waals surface area contributed by atoms with Gasteiger partial charge in [-0.3, -0.25) is 14.4 Å². The largest absolute Gasteiger partial charge is 0.480 e. The molecule has 1 amide bonds.